The van der Waals surface area contributed by atoms with Crippen molar-refractivity contribution >= 4 is 15.8 Å². The molecule has 23 heavy (non-hydrogen) atoms. The van der Waals surface area contributed by atoms with Crippen molar-refractivity contribution in [2.24, 2.45) is 0 Å². The number of nitrogens with one attached hydrogen (secondary N) is 1. The van der Waals surface area contributed by atoms with Crippen LogP contribution in [0.5, 0.6) is 0 Å². The van der Waals surface area contributed by atoms with Crippen LogP contribution in [0.4, 0.5) is 5.82 Å². The van der Waals surface area contributed by atoms with Gasteiger partial charge in [0.25, 0.3) is 0 Å². The van der Waals surface area contributed by atoms with E-state index < -0.39 is 10.0 Å². The summed E-state index contributed by atoms with van der Waals surface area (Å²) in [5.41, 5.74) is 2.82. The van der Waals surface area contributed by atoms with Gasteiger partial charge < -0.3 is 4.90 Å². The third-order valence-corrected chi connectivity index (χ3v) is 5.93. The Balaban J connectivity index is 1.78. The van der Waals surface area contributed by atoms with Gasteiger partial charge in [-0.2, -0.15) is 0 Å². The topological polar surface area (TPSA) is 62.3 Å². The molecule has 1 aromatic heterocycles. The minimum atomic E-state index is -3.44. The molecule has 1 unspecified atom stereocenters. The maximum atomic E-state index is 11.8. The van der Waals surface area contributed by atoms with Crippen LogP contribution in [-0.4, -0.2) is 33.5 Å². The number of fused-ring (bicyclic) bond motifs is 1. The summed E-state index contributed by atoms with van der Waals surface area (Å²) in [6.45, 7) is 0. The van der Waals surface area contributed by atoms with E-state index in [4.69, 9.17) is 0 Å². The highest BCUT2D eigenvalue weighted by Crippen LogP contribution is 2.26. The van der Waals surface area contributed by atoms with Crippen molar-refractivity contribution in [1.82, 2.24) is 9.71 Å². The number of likely N-dealkylation sites (N-methyl/N-ethyl adjacent to an activating group) is 1. The zero-order valence-corrected chi connectivity index (χ0v) is 14.2. The van der Waals surface area contributed by atoms with Crippen LogP contribution < -0.4 is 9.62 Å². The second-order valence-corrected chi connectivity index (χ2v) is 7.72. The molecule has 1 aliphatic rings. The number of aromatic nitrogens is 1. The Hall–Kier alpha value is -1.92. The van der Waals surface area contributed by atoms with Gasteiger partial charge in [-0.25, -0.2) is 18.1 Å². The van der Waals surface area contributed by atoms with E-state index in [9.17, 15) is 8.42 Å². The minimum absolute atomic E-state index is 0.186. The molecule has 6 heteroatoms. The molecule has 1 aromatic carbocycles. The number of rotatable bonds is 4. The zero-order chi connectivity index (χ0) is 16.4. The first-order chi connectivity index (χ1) is 11.0. The first-order valence-corrected chi connectivity index (χ1v) is 9.19. The number of sulfonamides is 1. The van der Waals surface area contributed by atoms with Crippen molar-refractivity contribution in [2.45, 2.75) is 30.2 Å². The minimum Gasteiger partial charge on any atom is -0.356 e. The Morgan fingerprint density at radius 2 is 1.91 bits per heavy atom. The van der Waals surface area contributed by atoms with E-state index in [2.05, 4.69) is 38.9 Å². The average molecular weight is 331 g/mol. The maximum absolute atomic E-state index is 11.8. The average Bonchev–Trinajstić information content (AvgIpc) is 2.60. The molecule has 0 saturated heterocycles. The van der Waals surface area contributed by atoms with Crippen LogP contribution in [0.3, 0.4) is 0 Å². The van der Waals surface area contributed by atoms with Crippen LogP contribution in [0.1, 0.15) is 17.5 Å². The summed E-state index contributed by atoms with van der Waals surface area (Å²) in [5.74, 6) is 0.796. The van der Waals surface area contributed by atoms with Crippen LogP contribution in [0.15, 0.2) is 47.5 Å². The number of pyridine rings is 1. The molecule has 0 amide bonds. The summed E-state index contributed by atoms with van der Waals surface area (Å²) in [5, 5.41) is 0. The quantitative estimate of drug-likeness (QED) is 0.931. The second kappa shape index (κ2) is 6.29. The molecule has 1 N–H and O–H groups in total. The molecule has 1 heterocycles. The van der Waals surface area contributed by atoms with Gasteiger partial charge in [-0.1, -0.05) is 24.3 Å². The molecule has 122 valence electrons. The summed E-state index contributed by atoms with van der Waals surface area (Å²) in [6.07, 6.45) is 4.54. The van der Waals surface area contributed by atoms with Gasteiger partial charge in [0, 0.05) is 19.3 Å². The molecule has 5 nitrogen and oxygen atoms in total. The molecule has 3 rings (SSSR count). The highest BCUT2D eigenvalue weighted by atomic mass is 32.2. The van der Waals surface area contributed by atoms with Crippen LogP contribution in [0.2, 0.25) is 0 Å². The fraction of sp³-hybridized carbons (Fsp3) is 0.353. The van der Waals surface area contributed by atoms with Crippen LogP contribution >= 0.6 is 0 Å². The van der Waals surface area contributed by atoms with E-state index in [1.807, 2.05) is 7.05 Å². The molecular formula is C17H21N3O2S. The number of benzene rings is 1. The summed E-state index contributed by atoms with van der Waals surface area (Å²) >= 11 is 0. The van der Waals surface area contributed by atoms with Gasteiger partial charge in [0.15, 0.2) is 0 Å². The number of hydrogen-bond acceptors (Lipinski definition) is 4. The zero-order valence-electron chi connectivity index (χ0n) is 13.4. The standard InChI is InChI=1S/C17H21N3O2S/c1-18-23(21,22)16-9-10-17(19-12-16)20(2)15-8-7-13-5-3-4-6-14(13)11-15/h3-6,9-10,12,15,18H,7-8,11H2,1-2H3. The van der Waals surface area contributed by atoms with E-state index in [0.717, 1.165) is 25.1 Å². The largest absolute Gasteiger partial charge is 0.356 e. The molecule has 0 saturated carbocycles. The van der Waals surface area contributed by atoms with Crippen LogP contribution in [0, 0.1) is 0 Å². The molecule has 1 aliphatic carbocycles. The Morgan fingerprint density at radius 1 is 1.17 bits per heavy atom. The normalized spacial score (nSPS) is 17.6. The highest BCUT2D eigenvalue weighted by Gasteiger charge is 2.23. The van der Waals surface area contributed by atoms with Crippen molar-refractivity contribution < 1.29 is 8.42 Å². The number of nitrogens with zero attached hydrogens (tertiary/aromatic N) is 2. The van der Waals surface area contributed by atoms with Crippen molar-refractivity contribution in [3.05, 3.63) is 53.7 Å². The molecule has 0 aliphatic heterocycles. The summed E-state index contributed by atoms with van der Waals surface area (Å²) in [4.78, 5) is 6.66. The molecule has 0 bridgehead atoms. The number of anilines is 1. The number of hydrogen-bond donors (Lipinski definition) is 1. The first kappa shape index (κ1) is 16.0. The first-order valence-electron chi connectivity index (χ1n) is 7.70. The maximum Gasteiger partial charge on any atom is 0.241 e. The summed E-state index contributed by atoms with van der Waals surface area (Å²) in [6, 6.07) is 12.3. The van der Waals surface area contributed by atoms with Gasteiger partial charge in [-0.15, -0.1) is 0 Å². The molecular weight excluding hydrogens is 310 g/mol. The second-order valence-electron chi connectivity index (χ2n) is 5.84. The van der Waals surface area contributed by atoms with Crippen LogP contribution in [0.25, 0.3) is 0 Å². The molecule has 0 radical (unpaired) electrons. The van der Waals surface area contributed by atoms with Gasteiger partial charge in [0.05, 0.1) is 0 Å². The molecule has 0 spiro atoms. The third-order valence-electron chi connectivity index (χ3n) is 4.53. The summed E-state index contributed by atoms with van der Waals surface area (Å²) < 4.78 is 25.8. The van der Waals surface area contributed by atoms with Crippen molar-refractivity contribution in [3.63, 3.8) is 0 Å². The lowest BCUT2D eigenvalue weighted by atomic mass is 9.88. The Morgan fingerprint density at radius 3 is 2.57 bits per heavy atom. The van der Waals surface area contributed by atoms with E-state index in [1.165, 1.54) is 24.4 Å². The Labute approximate surface area is 137 Å². The van der Waals surface area contributed by atoms with E-state index in [1.54, 1.807) is 12.1 Å². The lowest BCUT2D eigenvalue weighted by Gasteiger charge is -2.33. The summed E-state index contributed by atoms with van der Waals surface area (Å²) in [7, 11) is -0.0178. The van der Waals surface area contributed by atoms with Crippen molar-refractivity contribution in [3.8, 4) is 0 Å². The molecule has 0 fully saturated rings. The smallest absolute Gasteiger partial charge is 0.241 e. The molecule has 2 aromatic rings. The third kappa shape index (κ3) is 3.23. The van der Waals surface area contributed by atoms with Gasteiger partial charge in [0.2, 0.25) is 10.0 Å². The number of aryl methyl sites for hydroxylation is 1. The van der Waals surface area contributed by atoms with Gasteiger partial charge in [-0.05, 0) is 49.6 Å². The van der Waals surface area contributed by atoms with Gasteiger partial charge in [0.1, 0.15) is 10.7 Å². The van der Waals surface area contributed by atoms with E-state index in [-0.39, 0.29) is 4.90 Å². The molecule has 1 atom stereocenters. The predicted octanol–water partition coefficient (Wildman–Crippen LogP) is 1.98. The van der Waals surface area contributed by atoms with Gasteiger partial charge in [-0.3, -0.25) is 0 Å². The van der Waals surface area contributed by atoms with Gasteiger partial charge >= 0.3 is 0 Å². The Kier molecular flexibility index (Phi) is 4.37. The fourth-order valence-electron chi connectivity index (χ4n) is 3.05. The monoisotopic (exact) mass is 331 g/mol. The predicted molar refractivity (Wildman–Crippen MR) is 91.1 cm³/mol. The lowest BCUT2D eigenvalue weighted by Crippen LogP contribution is -2.37. The van der Waals surface area contributed by atoms with Crippen molar-refractivity contribution in [2.75, 3.05) is 19.0 Å². The Bertz CT molecular complexity index is 788. The fourth-order valence-corrected chi connectivity index (χ4v) is 3.73. The van der Waals surface area contributed by atoms with Crippen molar-refractivity contribution in [1.29, 1.82) is 0 Å². The SMILES string of the molecule is CNS(=O)(=O)c1ccc(N(C)C2CCc3ccccc3C2)nc1. The van der Waals surface area contributed by atoms with E-state index >= 15 is 0 Å². The van der Waals surface area contributed by atoms with E-state index in [0.29, 0.717) is 6.04 Å². The lowest BCUT2D eigenvalue weighted by molar-refractivity contribution is 0.544. The van der Waals surface area contributed by atoms with Crippen LogP contribution in [-0.2, 0) is 22.9 Å². The highest BCUT2D eigenvalue weighted by molar-refractivity contribution is 7.89.